The van der Waals surface area contributed by atoms with Crippen LogP contribution in [0.25, 0.3) is 0 Å². The van der Waals surface area contributed by atoms with Gasteiger partial charge in [0.2, 0.25) is 10.0 Å². The van der Waals surface area contributed by atoms with Crippen LogP contribution in [0, 0.1) is 0 Å². The molecule has 2 aromatic rings. The quantitative estimate of drug-likeness (QED) is 0.694. The van der Waals surface area contributed by atoms with Crippen molar-refractivity contribution in [1.29, 1.82) is 0 Å². The first-order valence-electron chi connectivity index (χ1n) is 8.20. The molecular weight excluding hydrogens is 415 g/mol. The molecule has 26 heavy (non-hydrogen) atoms. The number of fused-ring (bicyclic) bond motifs is 1. The Morgan fingerprint density at radius 1 is 1.04 bits per heavy atom. The van der Waals surface area contributed by atoms with Crippen molar-refractivity contribution < 1.29 is 8.42 Å². The van der Waals surface area contributed by atoms with Crippen LogP contribution >= 0.6 is 35.6 Å². The molecule has 142 valence electrons. The molecule has 3 rings (SSSR count). The van der Waals surface area contributed by atoms with Gasteiger partial charge in [-0.15, -0.1) is 12.4 Å². The molecule has 0 aromatic heterocycles. The van der Waals surface area contributed by atoms with Gasteiger partial charge in [-0.2, -0.15) is 0 Å². The summed E-state index contributed by atoms with van der Waals surface area (Å²) in [6.07, 6.45) is 1.78. The highest BCUT2D eigenvalue weighted by atomic mass is 35.5. The van der Waals surface area contributed by atoms with E-state index in [0.29, 0.717) is 6.54 Å². The van der Waals surface area contributed by atoms with Crippen LogP contribution in [0.5, 0.6) is 0 Å². The van der Waals surface area contributed by atoms with Crippen LogP contribution in [0.2, 0.25) is 10.0 Å². The molecule has 0 unspecified atom stereocenters. The van der Waals surface area contributed by atoms with E-state index in [9.17, 15) is 8.42 Å². The van der Waals surface area contributed by atoms with E-state index in [4.69, 9.17) is 23.2 Å². The van der Waals surface area contributed by atoms with Gasteiger partial charge < -0.3 is 0 Å². The Kier molecular flexibility index (Phi) is 7.76. The summed E-state index contributed by atoms with van der Waals surface area (Å²) in [4.78, 5) is 2.37. The maximum Gasteiger partial charge on any atom is 0.242 e. The van der Waals surface area contributed by atoms with E-state index < -0.39 is 10.0 Å². The second-order valence-corrected chi connectivity index (χ2v) is 8.62. The van der Waals surface area contributed by atoms with Gasteiger partial charge in [-0.1, -0.05) is 53.5 Å². The van der Waals surface area contributed by atoms with Crippen LogP contribution in [-0.2, 0) is 23.0 Å². The first-order valence-corrected chi connectivity index (χ1v) is 10.4. The Morgan fingerprint density at radius 2 is 1.77 bits per heavy atom. The third-order valence-corrected chi connectivity index (χ3v) is 6.79. The smallest absolute Gasteiger partial charge is 0.242 e. The Morgan fingerprint density at radius 3 is 2.54 bits per heavy atom. The lowest BCUT2D eigenvalue weighted by Crippen LogP contribution is -2.33. The number of nitrogens with zero attached hydrogens (tertiary/aromatic N) is 1. The van der Waals surface area contributed by atoms with Crippen LogP contribution in [-0.4, -0.2) is 33.0 Å². The predicted molar refractivity (Wildman–Crippen MR) is 109 cm³/mol. The Labute approximate surface area is 171 Å². The molecule has 0 bridgehead atoms. The average Bonchev–Trinajstić information content (AvgIpc) is 2.61. The minimum Gasteiger partial charge on any atom is -0.299 e. The molecule has 0 atom stereocenters. The zero-order valence-electron chi connectivity index (χ0n) is 14.1. The van der Waals surface area contributed by atoms with E-state index in [1.165, 1.54) is 17.2 Å². The molecule has 1 aliphatic heterocycles. The van der Waals surface area contributed by atoms with Gasteiger partial charge in [0.15, 0.2) is 0 Å². The molecule has 1 aliphatic rings. The fourth-order valence-electron chi connectivity index (χ4n) is 3.02. The number of sulfonamides is 1. The standard InChI is InChI=1S/C18H20Cl2N2O2S.ClH/c19-16-7-3-8-17(18(16)20)25(23,24)21-10-4-11-22-12-9-14-5-1-2-6-15(14)13-22;/h1-3,5-8,21H,4,9-13H2;1H. The van der Waals surface area contributed by atoms with Crippen molar-refractivity contribution in [3.05, 3.63) is 63.6 Å². The summed E-state index contributed by atoms with van der Waals surface area (Å²) in [6.45, 7) is 3.14. The van der Waals surface area contributed by atoms with Crippen LogP contribution in [0.15, 0.2) is 47.4 Å². The highest BCUT2D eigenvalue weighted by molar-refractivity contribution is 7.89. The Balaban J connectivity index is 0.00000243. The summed E-state index contributed by atoms with van der Waals surface area (Å²) in [7, 11) is -3.65. The first-order chi connectivity index (χ1) is 12.0. The summed E-state index contributed by atoms with van der Waals surface area (Å²) in [5, 5.41) is 0.292. The van der Waals surface area contributed by atoms with Gasteiger partial charge in [0.1, 0.15) is 4.90 Å². The van der Waals surface area contributed by atoms with E-state index in [2.05, 4.69) is 33.9 Å². The topological polar surface area (TPSA) is 49.4 Å². The summed E-state index contributed by atoms with van der Waals surface area (Å²) in [5.41, 5.74) is 2.77. The van der Waals surface area contributed by atoms with Crippen molar-refractivity contribution in [3.63, 3.8) is 0 Å². The Bertz CT molecular complexity index is 859. The van der Waals surface area contributed by atoms with E-state index >= 15 is 0 Å². The summed E-state index contributed by atoms with van der Waals surface area (Å²) >= 11 is 11.9. The van der Waals surface area contributed by atoms with Gasteiger partial charge in [-0.3, -0.25) is 4.90 Å². The maximum absolute atomic E-state index is 12.4. The fraction of sp³-hybridized carbons (Fsp3) is 0.333. The average molecular weight is 436 g/mol. The molecule has 0 amide bonds. The second kappa shape index (κ2) is 9.40. The third kappa shape index (κ3) is 5.12. The molecule has 0 spiro atoms. The lowest BCUT2D eigenvalue weighted by atomic mass is 10.00. The highest BCUT2D eigenvalue weighted by Gasteiger charge is 2.19. The second-order valence-electron chi connectivity index (χ2n) is 6.10. The predicted octanol–water partition coefficient (Wildman–Crippen LogP) is 4.14. The zero-order valence-corrected chi connectivity index (χ0v) is 17.3. The van der Waals surface area contributed by atoms with Crippen LogP contribution < -0.4 is 4.72 Å². The van der Waals surface area contributed by atoms with Crippen molar-refractivity contribution in [1.82, 2.24) is 9.62 Å². The molecule has 8 heteroatoms. The lowest BCUT2D eigenvalue weighted by molar-refractivity contribution is 0.251. The molecule has 1 N–H and O–H groups in total. The van der Waals surface area contributed by atoms with Gasteiger partial charge in [0, 0.05) is 19.6 Å². The number of benzene rings is 2. The monoisotopic (exact) mass is 434 g/mol. The lowest BCUT2D eigenvalue weighted by Gasteiger charge is -2.28. The molecule has 0 radical (unpaired) electrons. The Hall–Kier alpha value is -0.820. The molecule has 0 fully saturated rings. The largest absolute Gasteiger partial charge is 0.299 e. The zero-order chi connectivity index (χ0) is 17.9. The fourth-order valence-corrected chi connectivity index (χ4v) is 4.86. The van der Waals surface area contributed by atoms with E-state index in [0.717, 1.165) is 32.5 Å². The maximum atomic E-state index is 12.4. The molecule has 4 nitrogen and oxygen atoms in total. The normalized spacial score (nSPS) is 14.5. The molecule has 1 heterocycles. The van der Waals surface area contributed by atoms with Crippen molar-refractivity contribution >= 4 is 45.6 Å². The minimum atomic E-state index is -3.65. The van der Waals surface area contributed by atoms with Crippen LogP contribution in [0.4, 0.5) is 0 Å². The van der Waals surface area contributed by atoms with Gasteiger partial charge in [0.25, 0.3) is 0 Å². The third-order valence-electron chi connectivity index (χ3n) is 4.36. The van der Waals surface area contributed by atoms with E-state index in [-0.39, 0.29) is 27.3 Å². The summed E-state index contributed by atoms with van der Waals surface area (Å²) in [6, 6.07) is 13.1. The van der Waals surface area contributed by atoms with Crippen LogP contribution in [0.1, 0.15) is 17.5 Å². The number of halogens is 3. The van der Waals surface area contributed by atoms with Gasteiger partial charge >= 0.3 is 0 Å². The number of rotatable bonds is 6. The van der Waals surface area contributed by atoms with Crippen molar-refractivity contribution in [2.75, 3.05) is 19.6 Å². The van der Waals surface area contributed by atoms with E-state index in [1.54, 1.807) is 12.1 Å². The van der Waals surface area contributed by atoms with Crippen molar-refractivity contribution in [2.24, 2.45) is 0 Å². The summed E-state index contributed by atoms with van der Waals surface area (Å²) in [5.74, 6) is 0. The molecule has 2 aromatic carbocycles. The highest BCUT2D eigenvalue weighted by Crippen LogP contribution is 2.28. The van der Waals surface area contributed by atoms with E-state index in [1.807, 2.05) is 0 Å². The number of hydrogen-bond acceptors (Lipinski definition) is 3. The number of nitrogens with one attached hydrogen (secondary N) is 1. The van der Waals surface area contributed by atoms with Gasteiger partial charge in [-0.25, -0.2) is 13.1 Å². The van der Waals surface area contributed by atoms with Crippen molar-refractivity contribution in [2.45, 2.75) is 24.3 Å². The van der Waals surface area contributed by atoms with Crippen LogP contribution in [0.3, 0.4) is 0 Å². The van der Waals surface area contributed by atoms with Crippen molar-refractivity contribution in [3.8, 4) is 0 Å². The summed E-state index contributed by atoms with van der Waals surface area (Å²) < 4.78 is 27.3. The SMILES string of the molecule is Cl.O=S(=O)(NCCCN1CCc2ccccc2C1)c1cccc(Cl)c1Cl. The molecule has 0 saturated carbocycles. The minimum absolute atomic E-state index is 0. The first kappa shape index (κ1) is 21.5. The molecular formula is C18H21Cl3N2O2S. The number of hydrogen-bond donors (Lipinski definition) is 1. The molecule has 0 aliphatic carbocycles. The van der Waals surface area contributed by atoms with Gasteiger partial charge in [-0.05, 0) is 42.6 Å². The molecule has 0 saturated heterocycles. The van der Waals surface area contributed by atoms with Gasteiger partial charge in [0.05, 0.1) is 10.0 Å².